The van der Waals surface area contributed by atoms with Gasteiger partial charge in [0, 0.05) is 11.6 Å². The number of Topliss-reactive ketones (excluding diaryl/α,β-unsaturated/α-hetero) is 1. The number of nitrogens with zero attached hydrogens (tertiary/aromatic N) is 3. The number of benzene rings is 1. The standard InChI is InChI=1S/C13H10N4O/c1-9(18)13(14-2)17-16-11-7-3-5-10-6-4-8-15-12(10)11/h3-8,16H,1H3. The summed E-state index contributed by atoms with van der Waals surface area (Å²) in [5, 5.41) is 4.75. The van der Waals surface area contributed by atoms with Gasteiger partial charge in [-0.15, -0.1) is 0 Å². The van der Waals surface area contributed by atoms with E-state index in [2.05, 4.69) is 20.4 Å². The molecule has 0 spiro atoms. The molecule has 0 atom stereocenters. The average molecular weight is 238 g/mol. The molecular weight excluding hydrogens is 228 g/mol. The molecular formula is C13H10N4O. The van der Waals surface area contributed by atoms with Crippen LogP contribution in [0.2, 0.25) is 0 Å². The van der Waals surface area contributed by atoms with Crippen LogP contribution in [0.5, 0.6) is 0 Å². The molecule has 0 amide bonds. The van der Waals surface area contributed by atoms with E-state index in [1.807, 2.05) is 24.3 Å². The number of carbonyl (C=O) groups excluding carboxylic acids is 1. The Morgan fingerprint density at radius 2 is 2.17 bits per heavy atom. The van der Waals surface area contributed by atoms with Gasteiger partial charge in [-0.2, -0.15) is 0 Å². The van der Waals surface area contributed by atoms with Gasteiger partial charge >= 0.3 is 5.84 Å². The van der Waals surface area contributed by atoms with Crippen LogP contribution in [-0.4, -0.2) is 16.6 Å². The number of hydrogen-bond acceptors (Lipinski definition) is 4. The van der Waals surface area contributed by atoms with E-state index in [-0.39, 0.29) is 11.6 Å². The SMILES string of the molecule is [C-]#[N+]C(=NNc1cccc2cccnc12)C(C)=O. The van der Waals surface area contributed by atoms with Crippen molar-refractivity contribution in [3.8, 4) is 0 Å². The second-order valence-electron chi connectivity index (χ2n) is 3.60. The normalized spacial score (nSPS) is 11.0. The molecule has 0 unspecified atom stereocenters. The number of hydrazone groups is 1. The first-order chi connectivity index (χ1) is 8.72. The van der Waals surface area contributed by atoms with E-state index in [1.165, 1.54) is 6.92 Å². The highest BCUT2D eigenvalue weighted by atomic mass is 16.1. The average Bonchev–Trinajstić information content (AvgIpc) is 2.39. The Labute approximate surface area is 104 Å². The number of carbonyl (C=O) groups is 1. The van der Waals surface area contributed by atoms with E-state index in [9.17, 15) is 4.79 Å². The largest absolute Gasteiger partial charge is 0.356 e. The molecule has 0 radical (unpaired) electrons. The Morgan fingerprint density at radius 3 is 2.89 bits per heavy atom. The lowest BCUT2D eigenvalue weighted by atomic mass is 10.2. The van der Waals surface area contributed by atoms with E-state index >= 15 is 0 Å². The van der Waals surface area contributed by atoms with Crippen LogP contribution < -0.4 is 5.43 Å². The van der Waals surface area contributed by atoms with Crippen LogP contribution in [0.3, 0.4) is 0 Å². The number of rotatable bonds is 3. The highest BCUT2D eigenvalue weighted by Gasteiger charge is 2.07. The zero-order chi connectivity index (χ0) is 13.0. The maximum Gasteiger partial charge on any atom is 0.336 e. The van der Waals surface area contributed by atoms with Crippen molar-refractivity contribution in [2.75, 3.05) is 5.43 Å². The summed E-state index contributed by atoms with van der Waals surface area (Å²) in [6, 6.07) is 9.35. The second-order valence-corrected chi connectivity index (χ2v) is 3.60. The van der Waals surface area contributed by atoms with Gasteiger partial charge in [0.2, 0.25) is 0 Å². The first-order valence-corrected chi connectivity index (χ1v) is 5.28. The lowest BCUT2D eigenvalue weighted by Gasteiger charge is -2.01. The number of hydrogen-bond donors (Lipinski definition) is 1. The van der Waals surface area contributed by atoms with Crippen molar-refractivity contribution in [3.63, 3.8) is 0 Å². The van der Waals surface area contributed by atoms with Crippen LogP contribution in [0.25, 0.3) is 15.7 Å². The van der Waals surface area contributed by atoms with Crippen LogP contribution in [0.1, 0.15) is 6.92 Å². The molecule has 0 aliphatic rings. The molecule has 88 valence electrons. The lowest BCUT2D eigenvalue weighted by molar-refractivity contribution is -0.111. The third-order valence-corrected chi connectivity index (χ3v) is 2.34. The third-order valence-electron chi connectivity index (χ3n) is 2.34. The molecule has 18 heavy (non-hydrogen) atoms. The second kappa shape index (κ2) is 5.06. The van der Waals surface area contributed by atoms with Gasteiger partial charge in [0.25, 0.3) is 0 Å². The zero-order valence-electron chi connectivity index (χ0n) is 9.71. The molecule has 1 heterocycles. The third kappa shape index (κ3) is 2.33. The minimum absolute atomic E-state index is 0.178. The van der Waals surface area contributed by atoms with E-state index in [4.69, 9.17) is 6.57 Å². The van der Waals surface area contributed by atoms with Crippen molar-refractivity contribution in [2.24, 2.45) is 5.10 Å². The van der Waals surface area contributed by atoms with Crippen LogP contribution in [0.4, 0.5) is 5.69 Å². The van der Waals surface area contributed by atoms with E-state index in [0.717, 1.165) is 10.9 Å². The summed E-state index contributed by atoms with van der Waals surface area (Å²) in [6.07, 6.45) is 1.68. The van der Waals surface area contributed by atoms with Gasteiger partial charge in [-0.05, 0) is 24.2 Å². The Kier molecular flexibility index (Phi) is 3.30. The first kappa shape index (κ1) is 11.7. The van der Waals surface area contributed by atoms with Gasteiger partial charge in [0.15, 0.2) is 5.78 Å². The predicted molar refractivity (Wildman–Crippen MR) is 70.1 cm³/mol. The Balaban J connectivity index is 2.39. The van der Waals surface area contributed by atoms with Gasteiger partial charge in [-0.1, -0.05) is 24.8 Å². The highest BCUT2D eigenvalue weighted by molar-refractivity contribution is 6.42. The quantitative estimate of drug-likeness (QED) is 0.387. The monoisotopic (exact) mass is 238 g/mol. The molecule has 2 aromatic rings. The van der Waals surface area contributed by atoms with E-state index in [0.29, 0.717) is 5.69 Å². The summed E-state index contributed by atoms with van der Waals surface area (Å²) in [6.45, 7) is 8.14. The molecule has 5 nitrogen and oxygen atoms in total. The van der Waals surface area contributed by atoms with Gasteiger partial charge in [0.05, 0.1) is 5.52 Å². The number of para-hydroxylation sites is 1. The van der Waals surface area contributed by atoms with Gasteiger partial charge in [0.1, 0.15) is 5.69 Å². The van der Waals surface area contributed by atoms with Crippen LogP contribution in [0, 0.1) is 6.57 Å². The topological polar surface area (TPSA) is 58.7 Å². The van der Waals surface area contributed by atoms with Crippen molar-refractivity contribution in [1.29, 1.82) is 0 Å². The Morgan fingerprint density at radius 1 is 1.39 bits per heavy atom. The lowest BCUT2D eigenvalue weighted by Crippen LogP contribution is -2.07. The molecule has 0 bridgehead atoms. The van der Waals surface area contributed by atoms with Crippen molar-refractivity contribution in [1.82, 2.24) is 4.98 Å². The van der Waals surface area contributed by atoms with Gasteiger partial charge in [-0.25, -0.2) is 5.43 Å². The molecule has 0 saturated carbocycles. The van der Waals surface area contributed by atoms with Crippen molar-refractivity contribution in [2.45, 2.75) is 6.92 Å². The number of amidine groups is 1. The van der Waals surface area contributed by atoms with Crippen molar-refractivity contribution < 1.29 is 4.79 Å². The van der Waals surface area contributed by atoms with Crippen molar-refractivity contribution in [3.05, 3.63) is 47.9 Å². The fourth-order valence-corrected chi connectivity index (χ4v) is 1.49. The number of anilines is 1. The van der Waals surface area contributed by atoms with Crippen molar-refractivity contribution >= 4 is 28.2 Å². The minimum Gasteiger partial charge on any atom is -0.356 e. The molecule has 1 aromatic carbocycles. The maximum absolute atomic E-state index is 11.1. The molecule has 0 fully saturated rings. The summed E-state index contributed by atoms with van der Waals surface area (Å²) in [4.78, 5) is 18.3. The maximum atomic E-state index is 11.1. The fraction of sp³-hybridized carbons (Fsp3) is 0.0769. The van der Waals surface area contributed by atoms with E-state index < -0.39 is 0 Å². The Bertz CT molecular complexity index is 665. The molecule has 0 aliphatic heterocycles. The summed E-state index contributed by atoms with van der Waals surface area (Å²) in [7, 11) is 0. The predicted octanol–water partition coefficient (Wildman–Crippen LogP) is 2.47. The van der Waals surface area contributed by atoms with Gasteiger partial charge in [-0.3, -0.25) is 4.98 Å². The van der Waals surface area contributed by atoms with Crippen LogP contribution in [-0.2, 0) is 4.79 Å². The van der Waals surface area contributed by atoms with Crippen LogP contribution in [0.15, 0.2) is 41.6 Å². The van der Waals surface area contributed by atoms with Gasteiger partial charge < -0.3 is 9.64 Å². The minimum atomic E-state index is -0.370. The summed E-state index contributed by atoms with van der Waals surface area (Å²) in [5.74, 6) is -0.548. The number of aromatic nitrogens is 1. The van der Waals surface area contributed by atoms with E-state index in [1.54, 1.807) is 12.3 Å². The zero-order valence-corrected chi connectivity index (χ0v) is 9.71. The molecule has 2 rings (SSSR count). The number of pyridine rings is 1. The van der Waals surface area contributed by atoms with Crippen LogP contribution >= 0.6 is 0 Å². The molecule has 5 heteroatoms. The summed E-state index contributed by atoms with van der Waals surface area (Å²) in [5.41, 5.74) is 4.12. The molecule has 0 aliphatic carbocycles. The number of fused-ring (bicyclic) bond motifs is 1. The first-order valence-electron chi connectivity index (χ1n) is 5.28. The highest BCUT2D eigenvalue weighted by Crippen LogP contribution is 2.20. The molecule has 1 aromatic heterocycles. The number of nitrogens with one attached hydrogen (secondary N) is 1. The molecule has 0 saturated heterocycles. The Hall–Kier alpha value is -2.74. The summed E-state index contributed by atoms with van der Waals surface area (Å²) < 4.78 is 0. The summed E-state index contributed by atoms with van der Waals surface area (Å²) >= 11 is 0. The molecule has 1 N–H and O–H groups in total. The number of ketones is 1. The smallest absolute Gasteiger partial charge is 0.336 e. The fourth-order valence-electron chi connectivity index (χ4n) is 1.49.